The van der Waals surface area contributed by atoms with Crippen molar-refractivity contribution in [1.82, 2.24) is 9.97 Å². The molecule has 1 aliphatic rings. The second-order valence-electron chi connectivity index (χ2n) is 4.88. The zero-order valence-corrected chi connectivity index (χ0v) is 10.8. The number of anilines is 2. The molecule has 5 heteroatoms. The summed E-state index contributed by atoms with van der Waals surface area (Å²) in [6.07, 6.45) is 2.21. The van der Waals surface area contributed by atoms with Gasteiger partial charge in [-0.05, 0) is 30.9 Å². The van der Waals surface area contributed by atoms with Crippen LogP contribution in [0, 0.1) is 5.92 Å². The minimum absolute atomic E-state index is 0.313. The van der Waals surface area contributed by atoms with Crippen LogP contribution in [0.25, 0.3) is 10.9 Å². The lowest BCUT2D eigenvalue weighted by Gasteiger charge is -2.22. The fraction of sp³-hybridized carbons (Fsp3) is 0.429. The molecular formula is C14H18N4O. The number of para-hydroxylation sites is 1. The third-order valence-corrected chi connectivity index (χ3v) is 3.52. The van der Waals surface area contributed by atoms with Gasteiger partial charge in [-0.3, -0.25) is 0 Å². The van der Waals surface area contributed by atoms with Crippen molar-refractivity contribution in [2.75, 3.05) is 30.8 Å². The summed E-state index contributed by atoms with van der Waals surface area (Å²) >= 11 is 0. The summed E-state index contributed by atoms with van der Waals surface area (Å²) in [5, 5.41) is 4.43. The van der Waals surface area contributed by atoms with E-state index in [0.29, 0.717) is 11.9 Å². The normalized spacial score (nSPS) is 16.6. The van der Waals surface area contributed by atoms with Gasteiger partial charge in [0.25, 0.3) is 0 Å². The number of fused-ring (bicyclic) bond motifs is 1. The molecule has 0 spiro atoms. The summed E-state index contributed by atoms with van der Waals surface area (Å²) < 4.78 is 5.37. The van der Waals surface area contributed by atoms with Crippen molar-refractivity contribution in [3.05, 3.63) is 24.3 Å². The van der Waals surface area contributed by atoms with Crippen molar-refractivity contribution < 1.29 is 4.74 Å². The predicted octanol–water partition coefficient (Wildman–Crippen LogP) is 2.05. The lowest BCUT2D eigenvalue weighted by Crippen LogP contribution is -2.23. The minimum atomic E-state index is 0.313. The van der Waals surface area contributed by atoms with Crippen LogP contribution in [0.3, 0.4) is 0 Å². The Kier molecular flexibility index (Phi) is 3.46. The molecule has 1 aromatic carbocycles. The van der Waals surface area contributed by atoms with Crippen LogP contribution in [0.1, 0.15) is 12.8 Å². The molecule has 1 saturated heterocycles. The van der Waals surface area contributed by atoms with Crippen LogP contribution < -0.4 is 11.1 Å². The fourth-order valence-corrected chi connectivity index (χ4v) is 2.42. The van der Waals surface area contributed by atoms with Crippen LogP contribution >= 0.6 is 0 Å². The summed E-state index contributed by atoms with van der Waals surface area (Å²) in [5.74, 6) is 1.78. The van der Waals surface area contributed by atoms with Crippen molar-refractivity contribution >= 4 is 22.7 Å². The number of hydrogen-bond donors (Lipinski definition) is 2. The first kappa shape index (κ1) is 12.2. The maximum atomic E-state index is 5.75. The highest BCUT2D eigenvalue weighted by Crippen LogP contribution is 2.22. The molecule has 0 saturated carbocycles. The third-order valence-electron chi connectivity index (χ3n) is 3.52. The second-order valence-corrected chi connectivity index (χ2v) is 4.88. The number of hydrogen-bond acceptors (Lipinski definition) is 5. The van der Waals surface area contributed by atoms with Gasteiger partial charge in [-0.1, -0.05) is 12.1 Å². The lowest BCUT2D eigenvalue weighted by molar-refractivity contribution is 0.0699. The standard InChI is InChI=1S/C14H18N4O/c15-14-17-12-4-2-1-3-11(12)13(18-14)16-9-10-5-7-19-8-6-10/h1-4,10H,5-9H2,(H3,15,16,17,18). The zero-order valence-electron chi connectivity index (χ0n) is 10.8. The van der Waals surface area contributed by atoms with E-state index in [2.05, 4.69) is 15.3 Å². The minimum Gasteiger partial charge on any atom is -0.381 e. The van der Waals surface area contributed by atoms with Crippen molar-refractivity contribution in [2.24, 2.45) is 5.92 Å². The maximum absolute atomic E-state index is 5.75. The largest absolute Gasteiger partial charge is 0.381 e. The zero-order chi connectivity index (χ0) is 13.1. The summed E-state index contributed by atoms with van der Waals surface area (Å²) in [5.41, 5.74) is 6.63. The van der Waals surface area contributed by atoms with Crippen LogP contribution in [0.15, 0.2) is 24.3 Å². The van der Waals surface area contributed by atoms with Crippen LogP contribution in [0.5, 0.6) is 0 Å². The van der Waals surface area contributed by atoms with Crippen molar-refractivity contribution in [1.29, 1.82) is 0 Å². The number of rotatable bonds is 3. The molecule has 3 rings (SSSR count). The van der Waals surface area contributed by atoms with E-state index in [1.54, 1.807) is 0 Å². The predicted molar refractivity (Wildman–Crippen MR) is 76.0 cm³/mol. The quantitative estimate of drug-likeness (QED) is 0.881. The van der Waals surface area contributed by atoms with Gasteiger partial charge in [0.05, 0.1) is 5.52 Å². The average Bonchev–Trinajstić information content (AvgIpc) is 2.45. The van der Waals surface area contributed by atoms with Gasteiger partial charge in [-0.15, -0.1) is 0 Å². The summed E-state index contributed by atoms with van der Waals surface area (Å²) in [7, 11) is 0. The average molecular weight is 258 g/mol. The molecule has 0 unspecified atom stereocenters. The fourth-order valence-electron chi connectivity index (χ4n) is 2.42. The first-order valence-corrected chi connectivity index (χ1v) is 6.67. The van der Waals surface area contributed by atoms with Crippen LogP contribution in [-0.2, 0) is 4.74 Å². The van der Waals surface area contributed by atoms with E-state index in [4.69, 9.17) is 10.5 Å². The second kappa shape index (κ2) is 5.40. The topological polar surface area (TPSA) is 73.1 Å². The molecule has 0 bridgehead atoms. The lowest BCUT2D eigenvalue weighted by atomic mass is 10.0. The highest BCUT2D eigenvalue weighted by atomic mass is 16.5. The van der Waals surface area contributed by atoms with Gasteiger partial charge in [0.15, 0.2) is 0 Å². The summed E-state index contributed by atoms with van der Waals surface area (Å²) in [6.45, 7) is 2.63. The van der Waals surface area contributed by atoms with Crippen molar-refractivity contribution in [3.63, 3.8) is 0 Å². The van der Waals surface area contributed by atoms with E-state index < -0.39 is 0 Å². The highest BCUT2D eigenvalue weighted by Gasteiger charge is 2.14. The van der Waals surface area contributed by atoms with E-state index in [1.807, 2.05) is 24.3 Å². The Morgan fingerprint density at radius 3 is 2.84 bits per heavy atom. The Balaban J connectivity index is 1.79. The van der Waals surface area contributed by atoms with Gasteiger partial charge in [0, 0.05) is 25.1 Å². The molecule has 1 aliphatic heterocycles. The van der Waals surface area contributed by atoms with Crippen molar-refractivity contribution in [2.45, 2.75) is 12.8 Å². The number of nitrogen functional groups attached to an aromatic ring is 1. The smallest absolute Gasteiger partial charge is 0.222 e. The van der Waals surface area contributed by atoms with Crippen LogP contribution in [0.2, 0.25) is 0 Å². The number of nitrogens with one attached hydrogen (secondary N) is 1. The first-order chi connectivity index (χ1) is 9.33. The Labute approximate surface area is 112 Å². The van der Waals surface area contributed by atoms with Crippen LogP contribution in [0.4, 0.5) is 11.8 Å². The molecule has 0 radical (unpaired) electrons. The molecule has 1 aromatic heterocycles. The monoisotopic (exact) mass is 258 g/mol. The number of benzene rings is 1. The van der Waals surface area contributed by atoms with Crippen molar-refractivity contribution in [3.8, 4) is 0 Å². The molecular weight excluding hydrogens is 240 g/mol. The number of ether oxygens (including phenoxy) is 1. The van der Waals surface area contributed by atoms with Gasteiger partial charge in [-0.2, -0.15) is 4.98 Å². The SMILES string of the molecule is Nc1nc(NCC2CCOCC2)c2ccccc2n1. The molecule has 0 atom stereocenters. The molecule has 100 valence electrons. The van der Waals surface area contributed by atoms with E-state index in [9.17, 15) is 0 Å². The summed E-state index contributed by atoms with van der Waals surface area (Å²) in [4.78, 5) is 8.55. The van der Waals surface area contributed by atoms with E-state index in [-0.39, 0.29) is 0 Å². The third kappa shape index (κ3) is 2.76. The Morgan fingerprint density at radius 1 is 1.21 bits per heavy atom. The molecule has 1 fully saturated rings. The molecule has 19 heavy (non-hydrogen) atoms. The first-order valence-electron chi connectivity index (χ1n) is 6.67. The molecule has 0 amide bonds. The van der Waals surface area contributed by atoms with Gasteiger partial charge >= 0.3 is 0 Å². The number of aromatic nitrogens is 2. The summed E-state index contributed by atoms with van der Waals surface area (Å²) in [6, 6.07) is 7.91. The van der Waals surface area contributed by atoms with Gasteiger partial charge in [0.1, 0.15) is 5.82 Å². The Morgan fingerprint density at radius 2 is 2.00 bits per heavy atom. The van der Waals surface area contributed by atoms with Gasteiger partial charge in [-0.25, -0.2) is 4.98 Å². The molecule has 2 heterocycles. The molecule has 3 N–H and O–H groups in total. The highest BCUT2D eigenvalue weighted by molar-refractivity contribution is 5.89. The van der Waals surface area contributed by atoms with E-state index in [1.165, 1.54) is 0 Å². The Bertz CT molecular complexity index is 566. The molecule has 5 nitrogen and oxygen atoms in total. The molecule has 2 aromatic rings. The molecule has 0 aliphatic carbocycles. The van der Waals surface area contributed by atoms with E-state index in [0.717, 1.165) is 49.3 Å². The van der Waals surface area contributed by atoms with Gasteiger partial charge in [0.2, 0.25) is 5.95 Å². The Hall–Kier alpha value is -1.88. The maximum Gasteiger partial charge on any atom is 0.222 e. The van der Waals surface area contributed by atoms with Gasteiger partial charge < -0.3 is 15.8 Å². The number of nitrogens with two attached hydrogens (primary N) is 1. The number of nitrogens with zero attached hydrogens (tertiary/aromatic N) is 2. The van der Waals surface area contributed by atoms with Crippen LogP contribution in [-0.4, -0.2) is 29.7 Å². The van der Waals surface area contributed by atoms with E-state index >= 15 is 0 Å².